The number of nitrogens with zero attached hydrogens (tertiary/aromatic N) is 1. The minimum atomic E-state index is -0.0316. The maximum Gasteiger partial charge on any atom is 0.241 e. The number of rotatable bonds is 3. The van der Waals surface area contributed by atoms with Crippen LogP contribution in [0.3, 0.4) is 0 Å². The van der Waals surface area contributed by atoms with E-state index >= 15 is 0 Å². The number of carbonyl (C=O) groups is 1. The Kier molecular flexibility index (Phi) is 4.90. The first kappa shape index (κ1) is 17.6. The molecule has 146 valence electrons. The van der Waals surface area contributed by atoms with Gasteiger partial charge in [-0.15, -0.1) is 0 Å². The maximum atomic E-state index is 13.2. The van der Waals surface area contributed by atoms with Crippen molar-refractivity contribution in [2.75, 3.05) is 19.6 Å². The van der Waals surface area contributed by atoms with E-state index in [1.165, 1.54) is 31.2 Å². The standard InChI is InChI=1S/C21H31N5O/c27-21(20-16-9-4-10-18(16)23-25-20)26-11-5-8-15(13-26)19-17(12-22-24-19)14-6-2-1-3-7-14/h1-3,6-7,15-20,22-25H,4-5,8-13H2. The highest BCUT2D eigenvalue weighted by molar-refractivity contribution is 5.82. The molecule has 4 N–H and O–H groups in total. The van der Waals surface area contributed by atoms with Gasteiger partial charge in [0.1, 0.15) is 6.04 Å². The molecule has 4 fully saturated rings. The number of nitrogens with one attached hydrogen (secondary N) is 4. The summed E-state index contributed by atoms with van der Waals surface area (Å²) in [6.45, 7) is 2.73. The van der Waals surface area contributed by atoms with Gasteiger partial charge in [0.25, 0.3) is 0 Å². The van der Waals surface area contributed by atoms with Crippen molar-refractivity contribution < 1.29 is 4.79 Å². The van der Waals surface area contributed by atoms with E-state index in [9.17, 15) is 4.79 Å². The molecule has 0 spiro atoms. The molecular formula is C21H31N5O. The number of amides is 1. The van der Waals surface area contributed by atoms with Gasteiger partial charge in [0.2, 0.25) is 5.91 Å². The van der Waals surface area contributed by atoms with E-state index in [0.717, 1.165) is 26.1 Å². The van der Waals surface area contributed by atoms with Crippen LogP contribution >= 0.6 is 0 Å². The molecule has 1 aromatic rings. The summed E-state index contributed by atoms with van der Waals surface area (Å²) < 4.78 is 0. The summed E-state index contributed by atoms with van der Waals surface area (Å²) in [5, 5.41) is 0. The fraction of sp³-hybridized carbons (Fsp3) is 0.667. The van der Waals surface area contributed by atoms with E-state index in [2.05, 4.69) is 56.9 Å². The number of fused-ring (bicyclic) bond motifs is 1. The zero-order valence-corrected chi connectivity index (χ0v) is 15.9. The van der Waals surface area contributed by atoms with Crippen LogP contribution in [0.4, 0.5) is 0 Å². The van der Waals surface area contributed by atoms with Crippen LogP contribution in [-0.4, -0.2) is 48.6 Å². The number of hydrazine groups is 2. The monoisotopic (exact) mass is 369 g/mol. The first-order valence-corrected chi connectivity index (χ1v) is 10.6. The van der Waals surface area contributed by atoms with Gasteiger partial charge in [-0.1, -0.05) is 36.8 Å². The molecule has 0 radical (unpaired) electrons. The van der Waals surface area contributed by atoms with Crippen LogP contribution in [0.2, 0.25) is 0 Å². The molecule has 5 rings (SSSR count). The maximum absolute atomic E-state index is 13.2. The molecule has 1 saturated carbocycles. The molecule has 4 aliphatic rings. The summed E-state index contributed by atoms with van der Waals surface area (Å²) in [5.41, 5.74) is 15.0. The molecule has 0 aromatic heterocycles. The van der Waals surface area contributed by atoms with E-state index in [4.69, 9.17) is 0 Å². The van der Waals surface area contributed by atoms with Crippen molar-refractivity contribution in [3.63, 3.8) is 0 Å². The normalized spacial score (nSPS) is 38.9. The second-order valence-electron chi connectivity index (χ2n) is 8.72. The number of piperidine rings is 1. The average Bonchev–Trinajstić information content (AvgIpc) is 3.45. The van der Waals surface area contributed by atoms with Crippen molar-refractivity contribution >= 4 is 5.91 Å². The third-order valence-electron chi connectivity index (χ3n) is 7.22. The Hall–Kier alpha value is -1.47. The van der Waals surface area contributed by atoms with Crippen molar-refractivity contribution in [2.24, 2.45) is 11.8 Å². The summed E-state index contributed by atoms with van der Waals surface area (Å²) in [7, 11) is 0. The van der Waals surface area contributed by atoms with Crippen LogP contribution < -0.4 is 21.7 Å². The third kappa shape index (κ3) is 3.29. The topological polar surface area (TPSA) is 68.4 Å². The molecule has 6 atom stereocenters. The molecule has 1 aromatic carbocycles. The minimum Gasteiger partial charge on any atom is -0.341 e. The number of hydrogen-bond donors (Lipinski definition) is 4. The second-order valence-corrected chi connectivity index (χ2v) is 8.72. The summed E-state index contributed by atoms with van der Waals surface area (Å²) in [4.78, 5) is 15.4. The smallest absolute Gasteiger partial charge is 0.241 e. The third-order valence-corrected chi connectivity index (χ3v) is 7.22. The van der Waals surface area contributed by atoms with Crippen molar-refractivity contribution in [3.05, 3.63) is 35.9 Å². The molecule has 3 aliphatic heterocycles. The van der Waals surface area contributed by atoms with Crippen LogP contribution in [0.25, 0.3) is 0 Å². The molecule has 6 unspecified atom stereocenters. The fourth-order valence-corrected chi connectivity index (χ4v) is 5.80. The zero-order valence-electron chi connectivity index (χ0n) is 15.9. The first-order chi connectivity index (χ1) is 13.3. The summed E-state index contributed by atoms with van der Waals surface area (Å²) in [5.74, 6) is 1.75. The highest BCUT2D eigenvalue weighted by atomic mass is 16.2. The molecule has 0 bridgehead atoms. The van der Waals surface area contributed by atoms with Crippen LogP contribution in [0.5, 0.6) is 0 Å². The average molecular weight is 370 g/mol. The van der Waals surface area contributed by atoms with E-state index in [-0.39, 0.29) is 6.04 Å². The Balaban J connectivity index is 1.27. The lowest BCUT2D eigenvalue weighted by molar-refractivity contribution is -0.136. The van der Waals surface area contributed by atoms with Gasteiger partial charge in [-0.2, -0.15) is 0 Å². The molecule has 6 heteroatoms. The fourth-order valence-electron chi connectivity index (χ4n) is 5.80. The predicted octanol–water partition coefficient (Wildman–Crippen LogP) is 1.13. The van der Waals surface area contributed by atoms with Gasteiger partial charge in [-0.25, -0.2) is 5.43 Å². The van der Waals surface area contributed by atoms with Crippen LogP contribution in [0, 0.1) is 11.8 Å². The van der Waals surface area contributed by atoms with Gasteiger partial charge >= 0.3 is 0 Å². The van der Waals surface area contributed by atoms with Gasteiger partial charge in [-0.3, -0.25) is 21.1 Å². The van der Waals surface area contributed by atoms with Gasteiger partial charge < -0.3 is 4.90 Å². The Bertz CT molecular complexity index is 668. The molecule has 6 nitrogen and oxygen atoms in total. The molecule has 3 saturated heterocycles. The van der Waals surface area contributed by atoms with Crippen LogP contribution in [0.1, 0.15) is 43.6 Å². The van der Waals surface area contributed by atoms with Gasteiger partial charge in [-0.05, 0) is 37.2 Å². The second kappa shape index (κ2) is 7.51. The van der Waals surface area contributed by atoms with Crippen molar-refractivity contribution in [1.82, 2.24) is 26.6 Å². The number of likely N-dealkylation sites (tertiary alicyclic amines) is 1. The molecule has 3 heterocycles. The number of hydrogen-bond acceptors (Lipinski definition) is 5. The largest absolute Gasteiger partial charge is 0.341 e. The molecule has 27 heavy (non-hydrogen) atoms. The lowest BCUT2D eigenvalue weighted by Gasteiger charge is -2.38. The van der Waals surface area contributed by atoms with Gasteiger partial charge in [0, 0.05) is 43.6 Å². The lowest BCUT2D eigenvalue weighted by atomic mass is 9.81. The van der Waals surface area contributed by atoms with Crippen molar-refractivity contribution in [1.29, 1.82) is 0 Å². The Morgan fingerprint density at radius 1 is 1.00 bits per heavy atom. The van der Waals surface area contributed by atoms with Crippen molar-refractivity contribution in [3.8, 4) is 0 Å². The van der Waals surface area contributed by atoms with E-state index in [1.54, 1.807) is 0 Å². The molecular weight excluding hydrogens is 338 g/mol. The lowest BCUT2D eigenvalue weighted by Crippen LogP contribution is -2.53. The van der Waals surface area contributed by atoms with Crippen LogP contribution in [-0.2, 0) is 4.79 Å². The van der Waals surface area contributed by atoms with E-state index < -0.39 is 0 Å². The SMILES string of the molecule is O=C(C1NNC2CCCC21)N1CCCC(C2NNCC2c2ccccc2)C1. The highest BCUT2D eigenvalue weighted by Gasteiger charge is 2.45. The quantitative estimate of drug-likeness (QED) is 0.643. The molecule has 1 amide bonds. The molecule has 1 aliphatic carbocycles. The summed E-state index contributed by atoms with van der Waals surface area (Å²) in [6, 6.07) is 11.6. The minimum absolute atomic E-state index is 0.0316. The van der Waals surface area contributed by atoms with Gasteiger partial charge in [0.05, 0.1) is 0 Å². The number of carbonyl (C=O) groups excluding carboxylic acids is 1. The Labute approximate surface area is 161 Å². The van der Waals surface area contributed by atoms with E-state index in [1.807, 2.05) is 0 Å². The summed E-state index contributed by atoms with van der Waals surface area (Å²) >= 11 is 0. The highest BCUT2D eigenvalue weighted by Crippen LogP contribution is 2.35. The van der Waals surface area contributed by atoms with Crippen LogP contribution in [0.15, 0.2) is 30.3 Å². The van der Waals surface area contributed by atoms with E-state index in [0.29, 0.717) is 35.7 Å². The number of benzene rings is 1. The predicted molar refractivity (Wildman–Crippen MR) is 105 cm³/mol. The Morgan fingerprint density at radius 2 is 1.89 bits per heavy atom. The van der Waals surface area contributed by atoms with Gasteiger partial charge in [0.15, 0.2) is 0 Å². The summed E-state index contributed by atoms with van der Waals surface area (Å²) in [6.07, 6.45) is 5.90. The van der Waals surface area contributed by atoms with Crippen molar-refractivity contribution in [2.45, 2.75) is 56.1 Å². The zero-order chi connectivity index (χ0) is 18.2. The first-order valence-electron chi connectivity index (χ1n) is 10.6. The Morgan fingerprint density at radius 3 is 2.78 bits per heavy atom.